The van der Waals surface area contributed by atoms with Gasteiger partial charge < -0.3 is 4.43 Å². The van der Waals surface area contributed by atoms with Gasteiger partial charge in [0, 0.05) is 6.42 Å². The first-order valence-corrected chi connectivity index (χ1v) is 7.65. The van der Waals surface area contributed by atoms with Gasteiger partial charge in [-0.2, -0.15) is 0 Å². The molecule has 0 aromatic carbocycles. The monoisotopic (exact) mass is 231 g/mol. The molecule has 1 aliphatic heterocycles. The summed E-state index contributed by atoms with van der Waals surface area (Å²) in [5.74, 6) is -0.186. The number of amides is 1. The van der Waals surface area contributed by atoms with Crippen molar-refractivity contribution in [1.29, 1.82) is 0 Å². The Labute approximate surface area is 92.9 Å². The third-order valence-corrected chi connectivity index (χ3v) is 6.18. The highest BCUT2D eigenvalue weighted by molar-refractivity contribution is 6.53. The number of carbonyl (C=O) groups excluding carboxylic acids is 1. The molecule has 0 saturated carbocycles. The minimum Gasteiger partial charge on any atom is -0.418 e. The number of hydrogen-bond acceptors (Lipinski definition) is 3. The first-order chi connectivity index (χ1) is 6.82. The summed E-state index contributed by atoms with van der Waals surface area (Å²) in [7, 11) is -1.24. The van der Waals surface area contributed by atoms with E-state index in [1.165, 1.54) is 0 Å². The fourth-order valence-electron chi connectivity index (χ4n) is 1.39. The second kappa shape index (κ2) is 4.63. The molecule has 5 heteroatoms. The topological polar surface area (TPSA) is 49.8 Å². The third-order valence-electron chi connectivity index (χ3n) is 3.05. The maximum Gasteiger partial charge on any atom is 0.246 e. The fourth-order valence-corrected chi connectivity index (χ4v) is 2.40. The van der Waals surface area contributed by atoms with Gasteiger partial charge in [-0.15, -0.1) is 0 Å². The maximum absolute atomic E-state index is 11.1. The fraction of sp³-hybridized carbons (Fsp3) is 0.900. The average molecular weight is 231 g/mol. The first-order valence-electron chi connectivity index (χ1n) is 5.45. The lowest BCUT2D eigenvalue weighted by atomic mass is 10.2. The summed E-state index contributed by atoms with van der Waals surface area (Å²) in [4.78, 5) is 11.1. The second-order valence-electron chi connectivity index (χ2n) is 5.27. The highest BCUT2D eigenvalue weighted by Gasteiger charge is 2.31. The van der Waals surface area contributed by atoms with Crippen LogP contribution in [0.15, 0.2) is 0 Å². The van der Waals surface area contributed by atoms with Gasteiger partial charge in [-0.05, 0) is 18.0 Å². The lowest BCUT2D eigenvalue weighted by molar-refractivity contribution is -0.167. The Morgan fingerprint density at radius 2 is 2.20 bits per heavy atom. The molecule has 1 saturated heterocycles. The predicted octanol–water partition coefficient (Wildman–Crippen LogP) is 1.54. The molecule has 1 fully saturated rings. The molecule has 2 unspecified atom stereocenters. The molecule has 88 valence electrons. The molecular weight excluding hydrogens is 210 g/mol. The van der Waals surface area contributed by atoms with E-state index in [2.05, 4.69) is 27.3 Å². The molecule has 1 heterocycles. The summed E-state index contributed by atoms with van der Waals surface area (Å²) in [6, 6.07) is -0.130. The van der Waals surface area contributed by atoms with Gasteiger partial charge in [-0.1, -0.05) is 20.8 Å². The Morgan fingerprint density at radius 1 is 1.60 bits per heavy atom. The summed E-state index contributed by atoms with van der Waals surface area (Å²) in [6.45, 7) is 9.13. The molecule has 0 aromatic rings. The van der Waals surface area contributed by atoms with Crippen molar-refractivity contribution in [2.45, 2.75) is 51.2 Å². The van der Waals surface area contributed by atoms with Crippen molar-refractivity contribution >= 4 is 14.9 Å². The molecule has 0 aliphatic carbocycles. The lowest BCUT2D eigenvalue weighted by Gasteiger charge is -2.27. The van der Waals surface area contributed by atoms with Gasteiger partial charge >= 0.3 is 0 Å². The molecule has 1 rings (SSSR count). The van der Waals surface area contributed by atoms with Crippen LogP contribution in [0, 0.1) is 0 Å². The summed E-state index contributed by atoms with van der Waals surface area (Å²) >= 11 is 0. The molecule has 1 amide bonds. The van der Waals surface area contributed by atoms with Gasteiger partial charge in [0.15, 0.2) is 9.04 Å². The van der Waals surface area contributed by atoms with Crippen molar-refractivity contribution < 1.29 is 14.4 Å². The van der Waals surface area contributed by atoms with Gasteiger partial charge in [0.05, 0.1) is 12.6 Å². The van der Waals surface area contributed by atoms with Gasteiger partial charge in [0.2, 0.25) is 5.91 Å². The first kappa shape index (κ1) is 12.7. The van der Waals surface area contributed by atoms with Crippen LogP contribution >= 0.6 is 0 Å². The van der Waals surface area contributed by atoms with E-state index in [0.29, 0.717) is 19.4 Å². The van der Waals surface area contributed by atoms with Crippen LogP contribution < -0.4 is 0 Å². The van der Waals surface area contributed by atoms with E-state index in [9.17, 15) is 10.0 Å². The van der Waals surface area contributed by atoms with Crippen LogP contribution in [0.1, 0.15) is 33.6 Å². The highest BCUT2D eigenvalue weighted by atomic mass is 28.3. The van der Waals surface area contributed by atoms with Crippen molar-refractivity contribution in [1.82, 2.24) is 5.06 Å². The van der Waals surface area contributed by atoms with Gasteiger partial charge in [0.1, 0.15) is 0 Å². The van der Waals surface area contributed by atoms with Gasteiger partial charge in [-0.3, -0.25) is 10.0 Å². The highest BCUT2D eigenvalue weighted by Crippen LogP contribution is 2.28. The summed E-state index contributed by atoms with van der Waals surface area (Å²) < 4.78 is 5.79. The molecule has 0 aromatic heterocycles. The Kier molecular flexibility index (Phi) is 3.91. The Morgan fingerprint density at radius 3 is 2.60 bits per heavy atom. The zero-order valence-electron chi connectivity index (χ0n) is 9.99. The quantitative estimate of drug-likeness (QED) is 0.592. The smallest absolute Gasteiger partial charge is 0.246 e. The van der Waals surface area contributed by atoms with Crippen LogP contribution in [-0.4, -0.2) is 37.9 Å². The molecule has 0 spiro atoms. The molecule has 15 heavy (non-hydrogen) atoms. The summed E-state index contributed by atoms with van der Waals surface area (Å²) in [6.07, 6.45) is 1.15. The van der Waals surface area contributed by atoms with Crippen molar-refractivity contribution in [2.75, 3.05) is 6.61 Å². The van der Waals surface area contributed by atoms with Crippen LogP contribution in [0.5, 0.6) is 0 Å². The van der Waals surface area contributed by atoms with E-state index in [1.54, 1.807) is 0 Å². The maximum atomic E-state index is 11.1. The number of hydrogen-bond donors (Lipinski definition) is 1. The SMILES string of the molecule is C[SiH](OCC1CCC(=O)N1O)C(C)(C)C. The lowest BCUT2D eigenvalue weighted by Crippen LogP contribution is -2.36. The predicted molar refractivity (Wildman–Crippen MR) is 60.3 cm³/mol. The largest absolute Gasteiger partial charge is 0.418 e. The number of rotatable bonds is 3. The van der Waals surface area contributed by atoms with Crippen LogP contribution in [0.25, 0.3) is 0 Å². The normalized spacial score (nSPS) is 24.7. The Bertz CT molecular complexity index is 239. The molecular formula is C10H21NO3Si. The van der Waals surface area contributed by atoms with Crippen LogP contribution in [0.2, 0.25) is 11.6 Å². The number of hydroxylamine groups is 2. The molecule has 1 aliphatic rings. The standard InChI is InChI=1S/C10H21NO3Si/c1-10(2,3)15(4)14-7-8-5-6-9(12)11(8)13/h8,13,15H,5-7H2,1-4H3. The Hall–Kier alpha value is -0.393. The molecule has 0 bridgehead atoms. The summed E-state index contributed by atoms with van der Waals surface area (Å²) in [5.41, 5.74) is 0. The average Bonchev–Trinajstić information content (AvgIpc) is 2.43. The summed E-state index contributed by atoms with van der Waals surface area (Å²) in [5, 5.41) is 10.5. The van der Waals surface area contributed by atoms with Crippen molar-refractivity contribution in [3.63, 3.8) is 0 Å². The Balaban J connectivity index is 2.35. The molecule has 4 nitrogen and oxygen atoms in total. The van der Waals surface area contributed by atoms with E-state index in [0.717, 1.165) is 5.06 Å². The van der Waals surface area contributed by atoms with Gasteiger partial charge in [0.25, 0.3) is 0 Å². The van der Waals surface area contributed by atoms with Crippen molar-refractivity contribution in [3.8, 4) is 0 Å². The number of carbonyl (C=O) groups is 1. The third kappa shape index (κ3) is 3.29. The van der Waals surface area contributed by atoms with Crippen LogP contribution in [0.3, 0.4) is 0 Å². The number of nitrogens with zero attached hydrogens (tertiary/aromatic N) is 1. The van der Waals surface area contributed by atoms with Crippen molar-refractivity contribution in [2.24, 2.45) is 0 Å². The minimum atomic E-state index is -1.24. The van der Waals surface area contributed by atoms with E-state index in [1.807, 2.05) is 0 Å². The van der Waals surface area contributed by atoms with E-state index < -0.39 is 9.04 Å². The molecule has 0 radical (unpaired) electrons. The zero-order valence-corrected chi connectivity index (χ0v) is 11.1. The molecule has 2 atom stereocenters. The van der Waals surface area contributed by atoms with Crippen LogP contribution in [0.4, 0.5) is 0 Å². The minimum absolute atomic E-state index is 0.130. The van der Waals surface area contributed by atoms with E-state index in [-0.39, 0.29) is 17.0 Å². The van der Waals surface area contributed by atoms with Gasteiger partial charge in [-0.25, -0.2) is 5.06 Å². The zero-order chi connectivity index (χ0) is 11.6. The van der Waals surface area contributed by atoms with E-state index in [4.69, 9.17) is 4.43 Å². The van der Waals surface area contributed by atoms with Crippen LogP contribution in [-0.2, 0) is 9.22 Å². The van der Waals surface area contributed by atoms with E-state index >= 15 is 0 Å². The molecule has 1 N–H and O–H groups in total. The van der Waals surface area contributed by atoms with Crippen molar-refractivity contribution in [3.05, 3.63) is 0 Å². The second-order valence-corrected chi connectivity index (χ2v) is 8.62.